The predicted octanol–water partition coefficient (Wildman–Crippen LogP) is 0.0358. The maximum atomic E-state index is 11.7. The quantitative estimate of drug-likeness (QED) is 0.672. The number of pyridine rings is 1. The average Bonchev–Trinajstić information content (AvgIpc) is 2.39. The van der Waals surface area contributed by atoms with Gasteiger partial charge in [-0.2, -0.15) is 0 Å². The van der Waals surface area contributed by atoms with E-state index in [0.29, 0.717) is 6.54 Å². The molecular weight excluding hydrogens is 250 g/mol. The smallest absolute Gasteiger partial charge is 0.354 e. The van der Waals surface area contributed by atoms with Crippen LogP contribution in [0.3, 0.4) is 0 Å². The van der Waals surface area contributed by atoms with Gasteiger partial charge in [0.15, 0.2) is 0 Å². The second kappa shape index (κ2) is 7.10. The van der Waals surface area contributed by atoms with Crippen LogP contribution >= 0.6 is 0 Å². The van der Waals surface area contributed by atoms with Gasteiger partial charge in [0, 0.05) is 19.5 Å². The van der Waals surface area contributed by atoms with Crippen LogP contribution in [0, 0.1) is 0 Å². The van der Waals surface area contributed by atoms with Crippen molar-refractivity contribution in [3.63, 3.8) is 0 Å². The van der Waals surface area contributed by atoms with Gasteiger partial charge in [-0.1, -0.05) is 6.07 Å². The van der Waals surface area contributed by atoms with Gasteiger partial charge in [-0.3, -0.25) is 9.59 Å². The summed E-state index contributed by atoms with van der Waals surface area (Å²) in [7, 11) is 0. The van der Waals surface area contributed by atoms with E-state index in [2.05, 4.69) is 15.6 Å². The summed E-state index contributed by atoms with van der Waals surface area (Å²) < 4.78 is 0. The van der Waals surface area contributed by atoms with E-state index in [-0.39, 0.29) is 30.3 Å². The maximum Gasteiger partial charge on any atom is 0.354 e. The van der Waals surface area contributed by atoms with Crippen LogP contribution in [-0.2, 0) is 4.79 Å². The van der Waals surface area contributed by atoms with E-state index >= 15 is 0 Å². The summed E-state index contributed by atoms with van der Waals surface area (Å²) in [4.78, 5) is 37.2. The van der Waals surface area contributed by atoms with Crippen LogP contribution in [0.2, 0.25) is 0 Å². The number of hydrogen-bond acceptors (Lipinski definition) is 4. The molecule has 0 radical (unpaired) electrons. The number of aromatic carboxylic acids is 1. The number of nitrogens with one attached hydrogen (secondary N) is 2. The van der Waals surface area contributed by atoms with Crippen molar-refractivity contribution in [1.82, 2.24) is 15.6 Å². The lowest BCUT2D eigenvalue weighted by Gasteiger charge is -2.05. The minimum absolute atomic E-state index is 0.01000. The highest BCUT2D eigenvalue weighted by atomic mass is 16.4. The van der Waals surface area contributed by atoms with E-state index in [1.54, 1.807) is 6.92 Å². The third-order valence-electron chi connectivity index (χ3n) is 2.21. The number of rotatable bonds is 6. The first kappa shape index (κ1) is 14.6. The number of nitrogens with zero attached hydrogens (tertiary/aromatic N) is 1. The van der Waals surface area contributed by atoms with Gasteiger partial charge in [0.1, 0.15) is 11.4 Å². The van der Waals surface area contributed by atoms with Crippen molar-refractivity contribution in [3.8, 4) is 0 Å². The minimum atomic E-state index is -1.20. The van der Waals surface area contributed by atoms with Gasteiger partial charge in [0.05, 0.1) is 0 Å². The Balaban J connectivity index is 2.52. The zero-order chi connectivity index (χ0) is 14.3. The highest BCUT2D eigenvalue weighted by Crippen LogP contribution is 1.99. The maximum absolute atomic E-state index is 11.7. The molecule has 0 unspecified atom stereocenters. The molecule has 102 valence electrons. The second-order valence-corrected chi connectivity index (χ2v) is 3.67. The Morgan fingerprint density at radius 3 is 2.53 bits per heavy atom. The van der Waals surface area contributed by atoms with Gasteiger partial charge in [-0.25, -0.2) is 9.78 Å². The van der Waals surface area contributed by atoms with Crippen LogP contribution in [-0.4, -0.2) is 41.0 Å². The van der Waals surface area contributed by atoms with Crippen LogP contribution in [0.15, 0.2) is 18.2 Å². The molecule has 0 aliphatic heterocycles. The molecule has 1 heterocycles. The highest BCUT2D eigenvalue weighted by Gasteiger charge is 2.11. The molecule has 7 nitrogen and oxygen atoms in total. The van der Waals surface area contributed by atoms with E-state index in [9.17, 15) is 14.4 Å². The van der Waals surface area contributed by atoms with Gasteiger partial charge in [-0.05, 0) is 19.1 Å². The zero-order valence-corrected chi connectivity index (χ0v) is 10.5. The molecule has 19 heavy (non-hydrogen) atoms. The third-order valence-corrected chi connectivity index (χ3v) is 2.21. The molecule has 0 aliphatic carbocycles. The lowest BCUT2D eigenvalue weighted by molar-refractivity contribution is -0.120. The van der Waals surface area contributed by atoms with Gasteiger partial charge in [0.25, 0.3) is 5.91 Å². The number of carbonyl (C=O) groups excluding carboxylic acids is 2. The molecular formula is C12H15N3O4. The zero-order valence-electron chi connectivity index (χ0n) is 10.5. The monoisotopic (exact) mass is 265 g/mol. The SMILES string of the molecule is CCNC(=O)CCNC(=O)c1cccc(C(=O)O)n1. The van der Waals surface area contributed by atoms with Crippen LogP contribution in [0.25, 0.3) is 0 Å². The predicted molar refractivity (Wildman–Crippen MR) is 66.8 cm³/mol. The molecule has 0 fully saturated rings. The summed E-state index contributed by atoms with van der Waals surface area (Å²) in [6.07, 6.45) is 0.165. The molecule has 0 bridgehead atoms. The van der Waals surface area contributed by atoms with Crippen molar-refractivity contribution in [2.75, 3.05) is 13.1 Å². The molecule has 0 atom stereocenters. The lowest BCUT2D eigenvalue weighted by atomic mass is 10.3. The summed E-state index contributed by atoms with van der Waals surface area (Å²) in [5, 5.41) is 13.9. The molecule has 1 rings (SSSR count). The molecule has 0 saturated heterocycles. The van der Waals surface area contributed by atoms with Crippen molar-refractivity contribution in [2.24, 2.45) is 0 Å². The van der Waals surface area contributed by atoms with Crippen LogP contribution in [0.1, 0.15) is 34.3 Å². The summed E-state index contributed by atoms with van der Waals surface area (Å²) in [5.74, 6) is -1.86. The number of carbonyl (C=O) groups is 3. The van der Waals surface area contributed by atoms with Gasteiger partial charge < -0.3 is 15.7 Å². The second-order valence-electron chi connectivity index (χ2n) is 3.67. The van der Waals surface area contributed by atoms with Crippen LogP contribution in [0.5, 0.6) is 0 Å². The fourth-order valence-corrected chi connectivity index (χ4v) is 1.35. The minimum Gasteiger partial charge on any atom is -0.477 e. The van der Waals surface area contributed by atoms with Gasteiger partial charge in [0.2, 0.25) is 5.91 Å². The molecule has 2 amide bonds. The van der Waals surface area contributed by atoms with Crippen molar-refractivity contribution < 1.29 is 19.5 Å². The summed E-state index contributed by atoms with van der Waals surface area (Å²) >= 11 is 0. The summed E-state index contributed by atoms with van der Waals surface area (Å²) in [6.45, 7) is 2.51. The van der Waals surface area contributed by atoms with E-state index in [1.165, 1.54) is 18.2 Å². The van der Waals surface area contributed by atoms with Crippen molar-refractivity contribution in [1.29, 1.82) is 0 Å². The molecule has 0 saturated carbocycles. The Hall–Kier alpha value is -2.44. The van der Waals surface area contributed by atoms with Gasteiger partial charge >= 0.3 is 5.97 Å². The van der Waals surface area contributed by atoms with Crippen LogP contribution < -0.4 is 10.6 Å². The number of amides is 2. The Morgan fingerprint density at radius 1 is 1.21 bits per heavy atom. The molecule has 1 aromatic heterocycles. The molecule has 0 spiro atoms. The van der Waals surface area contributed by atoms with E-state index in [1.807, 2.05) is 0 Å². The molecule has 1 aromatic rings. The largest absolute Gasteiger partial charge is 0.477 e. The molecule has 3 N–H and O–H groups in total. The fraction of sp³-hybridized carbons (Fsp3) is 0.333. The van der Waals surface area contributed by atoms with Crippen molar-refractivity contribution in [3.05, 3.63) is 29.6 Å². The third kappa shape index (κ3) is 4.74. The van der Waals surface area contributed by atoms with E-state index < -0.39 is 11.9 Å². The molecule has 0 aromatic carbocycles. The Bertz CT molecular complexity index is 488. The normalized spacial score (nSPS) is 9.74. The Kier molecular flexibility index (Phi) is 5.46. The first-order chi connectivity index (χ1) is 9.04. The average molecular weight is 265 g/mol. The number of carboxylic acids is 1. The number of aromatic nitrogens is 1. The standard InChI is InChI=1S/C12H15N3O4/c1-2-13-10(16)6-7-14-11(17)8-4-3-5-9(15-8)12(18)19/h3-5H,2,6-7H2,1H3,(H,13,16)(H,14,17)(H,18,19). The number of hydrogen-bond donors (Lipinski definition) is 3. The Morgan fingerprint density at radius 2 is 1.89 bits per heavy atom. The molecule has 0 aliphatic rings. The summed E-state index contributed by atoms with van der Waals surface area (Å²) in [6, 6.07) is 4.15. The molecule has 7 heteroatoms. The van der Waals surface area contributed by atoms with Crippen LogP contribution in [0.4, 0.5) is 0 Å². The fourth-order valence-electron chi connectivity index (χ4n) is 1.35. The lowest BCUT2D eigenvalue weighted by Crippen LogP contribution is -2.31. The van der Waals surface area contributed by atoms with Crippen molar-refractivity contribution >= 4 is 17.8 Å². The topological polar surface area (TPSA) is 108 Å². The van der Waals surface area contributed by atoms with Crippen molar-refractivity contribution in [2.45, 2.75) is 13.3 Å². The summed E-state index contributed by atoms with van der Waals surface area (Å²) in [5.41, 5.74) is -0.188. The van der Waals surface area contributed by atoms with Gasteiger partial charge in [-0.15, -0.1) is 0 Å². The highest BCUT2D eigenvalue weighted by molar-refractivity contribution is 5.94. The van der Waals surface area contributed by atoms with E-state index in [0.717, 1.165) is 0 Å². The Labute approximate surface area is 110 Å². The first-order valence-corrected chi connectivity index (χ1v) is 5.79. The first-order valence-electron chi connectivity index (χ1n) is 5.79. The number of carboxylic acid groups (broad SMARTS) is 1. The van der Waals surface area contributed by atoms with E-state index in [4.69, 9.17) is 5.11 Å².